The standard InChI is InChI=1S/C13H19N3S2/c1-14-11(12-4-2-3-6-17-12)8-10-9-16-5-7-18-13(16)15-10/h5,7,9,11-12,14H,2-4,6,8H2,1H3. The molecule has 3 rings (SSSR count). The summed E-state index contributed by atoms with van der Waals surface area (Å²) in [6, 6.07) is 0.555. The van der Waals surface area contributed by atoms with Crippen LogP contribution < -0.4 is 5.32 Å². The Balaban J connectivity index is 1.70. The fourth-order valence-electron chi connectivity index (χ4n) is 2.60. The van der Waals surface area contributed by atoms with Crippen molar-refractivity contribution < 1.29 is 0 Å². The first kappa shape index (κ1) is 12.5. The molecule has 3 nitrogen and oxygen atoms in total. The summed E-state index contributed by atoms with van der Waals surface area (Å²) < 4.78 is 2.13. The van der Waals surface area contributed by atoms with E-state index in [2.05, 4.69) is 51.3 Å². The number of hydrogen-bond donors (Lipinski definition) is 1. The zero-order chi connectivity index (χ0) is 12.4. The predicted molar refractivity (Wildman–Crippen MR) is 79.7 cm³/mol. The van der Waals surface area contributed by atoms with Crippen LogP contribution in [0.5, 0.6) is 0 Å². The second kappa shape index (κ2) is 5.63. The van der Waals surface area contributed by atoms with Gasteiger partial charge in [0.25, 0.3) is 0 Å². The zero-order valence-corrected chi connectivity index (χ0v) is 12.3. The molecule has 1 aliphatic heterocycles. The Labute approximate surface area is 116 Å². The van der Waals surface area contributed by atoms with E-state index in [1.807, 2.05) is 0 Å². The lowest BCUT2D eigenvalue weighted by Crippen LogP contribution is -2.39. The maximum atomic E-state index is 4.69. The number of nitrogens with one attached hydrogen (secondary N) is 1. The number of hydrogen-bond acceptors (Lipinski definition) is 4. The van der Waals surface area contributed by atoms with Crippen LogP contribution in [0, 0.1) is 0 Å². The van der Waals surface area contributed by atoms with Gasteiger partial charge in [-0.3, -0.25) is 4.40 Å². The smallest absolute Gasteiger partial charge is 0.193 e. The minimum absolute atomic E-state index is 0.555. The maximum absolute atomic E-state index is 4.69. The summed E-state index contributed by atoms with van der Waals surface area (Å²) in [5, 5.41) is 6.33. The highest BCUT2D eigenvalue weighted by molar-refractivity contribution is 8.00. The van der Waals surface area contributed by atoms with Crippen LogP contribution in [0.2, 0.25) is 0 Å². The van der Waals surface area contributed by atoms with Crippen LogP contribution in [-0.4, -0.2) is 33.5 Å². The highest BCUT2D eigenvalue weighted by Gasteiger charge is 2.23. The second-order valence-electron chi connectivity index (χ2n) is 4.83. The summed E-state index contributed by atoms with van der Waals surface area (Å²) in [4.78, 5) is 5.80. The van der Waals surface area contributed by atoms with E-state index in [1.54, 1.807) is 11.3 Å². The van der Waals surface area contributed by atoms with Gasteiger partial charge in [0.15, 0.2) is 4.96 Å². The van der Waals surface area contributed by atoms with Gasteiger partial charge in [0.1, 0.15) is 0 Å². The molecule has 98 valence electrons. The highest BCUT2D eigenvalue weighted by atomic mass is 32.2. The van der Waals surface area contributed by atoms with Crippen LogP contribution >= 0.6 is 23.1 Å². The van der Waals surface area contributed by atoms with Gasteiger partial charge >= 0.3 is 0 Å². The molecule has 2 aromatic heterocycles. The zero-order valence-electron chi connectivity index (χ0n) is 10.6. The van der Waals surface area contributed by atoms with E-state index in [-0.39, 0.29) is 0 Å². The Hall–Kier alpha value is -0.520. The molecule has 0 spiro atoms. The minimum Gasteiger partial charge on any atom is -0.316 e. The molecule has 2 unspecified atom stereocenters. The largest absolute Gasteiger partial charge is 0.316 e. The molecule has 2 atom stereocenters. The van der Waals surface area contributed by atoms with E-state index in [9.17, 15) is 0 Å². The molecule has 2 aromatic rings. The lowest BCUT2D eigenvalue weighted by molar-refractivity contribution is 0.492. The molecule has 0 saturated carbocycles. The Kier molecular flexibility index (Phi) is 3.91. The van der Waals surface area contributed by atoms with Crippen molar-refractivity contribution in [1.29, 1.82) is 0 Å². The Bertz CT molecular complexity index is 471. The molecular weight excluding hydrogens is 262 g/mol. The quantitative estimate of drug-likeness (QED) is 0.934. The van der Waals surface area contributed by atoms with E-state index in [0.717, 1.165) is 16.6 Å². The molecule has 3 heterocycles. The number of rotatable bonds is 4. The molecule has 0 aromatic carbocycles. The molecule has 5 heteroatoms. The summed E-state index contributed by atoms with van der Waals surface area (Å²) in [6.07, 6.45) is 9.41. The van der Waals surface area contributed by atoms with Gasteiger partial charge in [0.05, 0.1) is 5.69 Å². The number of aromatic nitrogens is 2. The van der Waals surface area contributed by atoms with Crippen molar-refractivity contribution in [3.05, 3.63) is 23.5 Å². The third-order valence-corrected chi connectivity index (χ3v) is 5.89. The SMILES string of the molecule is CNC(Cc1cn2ccsc2n1)C1CCCCS1. The monoisotopic (exact) mass is 281 g/mol. The molecular formula is C13H19N3S2. The first-order chi connectivity index (χ1) is 8.86. The van der Waals surface area contributed by atoms with Gasteiger partial charge in [-0.2, -0.15) is 11.8 Å². The summed E-state index contributed by atoms with van der Waals surface area (Å²) in [7, 11) is 2.08. The fourth-order valence-corrected chi connectivity index (χ4v) is 4.79. The van der Waals surface area contributed by atoms with Gasteiger partial charge < -0.3 is 5.32 Å². The number of fused-ring (bicyclic) bond motifs is 1. The molecule has 18 heavy (non-hydrogen) atoms. The lowest BCUT2D eigenvalue weighted by Gasteiger charge is -2.29. The van der Waals surface area contributed by atoms with E-state index < -0.39 is 0 Å². The van der Waals surface area contributed by atoms with Crippen molar-refractivity contribution in [3.8, 4) is 0 Å². The molecule has 0 bridgehead atoms. The molecule has 1 aliphatic rings. The van der Waals surface area contributed by atoms with E-state index in [1.165, 1.54) is 30.7 Å². The first-order valence-corrected chi connectivity index (χ1v) is 8.49. The normalized spacial score (nSPS) is 22.4. The van der Waals surface area contributed by atoms with Gasteiger partial charge in [0, 0.05) is 35.5 Å². The summed E-state index contributed by atoms with van der Waals surface area (Å²) in [5.74, 6) is 1.32. The predicted octanol–water partition coefficient (Wildman–Crippen LogP) is 2.81. The van der Waals surface area contributed by atoms with Crippen molar-refractivity contribution in [3.63, 3.8) is 0 Å². The highest BCUT2D eigenvalue weighted by Crippen LogP contribution is 2.28. The van der Waals surface area contributed by atoms with Crippen molar-refractivity contribution in [2.75, 3.05) is 12.8 Å². The minimum atomic E-state index is 0.555. The van der Waals surface area contributed by atoms with Gasteiger partial charge in [-0.15, -0.1) is 11.3 Å². The summed E-state index contributed by atoms with van der Waals surface area (Å²) >= 11 is 3.83. The topological polar surface area (TPSA) is 29.3 Å². The van der Waals surface area contributed by atoms with Crippen LogP contribution in [0.4, 0.5) is 0 Å². The van der Waals surface area contributed by atoms with Crippen LogP contribution in [0.3, 0.4) is 0 Å². The number of nitrogens with zero attached hydrogens (tertiary/aromatic N) is 2. The second-order valence-corrected chi connectivity index (χ2v) is 7.05. The Morgan fingerprint density at radius 1 is 1.56 bits per heavy atom. The van der Waals surface area contributed by atoms with Crippen molar-refractivity contribution in [2.45, 2.75) is 37.0 Å². The van der Waals surface area contributed by atoms with Crippen molar-refractivity contribution in [2.24, 2.45) is 0 Å². The van der Waals surface area contributed by atoms with Crippen LogP contribution in [0.1, 0.15) is 25.0 Å². The molecule has 0 amide bonds. The molecule has 0 aliphatic carbocycles. The third-order valence-electron chi connectivity index (χ3n) is 3.61. The van der Waals surface area contributed by atoms with Gasteiger partial charge in [-0.1, -0.05) is 6.42 Å². The maximum Gasteiger partial charge on any atom is 0.193 e. The number of imidazole rings is 1. The average Bonchev–Trinajstić information content (AvgIpc) is 2.97. The van der Waals surface area contributed by atoms with E-state index >= 15 is 0 Å². The van der Waals surface area contributed by atoms with Gasteiger partial charge in [0.2, 0.25) is 0 Å². The average molecular weight is 281 g/mol. The Morgan fingerprint density at radius 2 is 2.50 bits per heavy atom. The molecule has 1 fully saturated rings. The summed E-state index contributed by atoms with van der Waals surface area (Å²) in [6.45, 7) is 0. The molecule has 1 saturated heterocycles. The van der Waals surface area contributed by atoms with E-state index in [0.29, 0.717) is 6.04 Å². The number of thioether (sulfide) groups is 1. The molecule has 1 N–H and O–H groups in total. The van der Waals surface area contributed by atoms with Crippen molar-refractivity contribution >= 4 is 28.1 Å². The molecule has 0 radical (unpaired) electrons. The summed E-state index contributed by atoms with van der Waals surface area (Å²) in [5.41, 5.74) is 1.22. The number of likely N-dealkylation sites (N-methyl/N-ethyl adjacent to an activating group) is 1. The van der Waals surface area contributed by atoms with Crippen LogP contribution in [0.15, 0.2) is 17.8 Å². The number of thiazole rings is 1. The van der Waals surface area contributed by atoms with Crippen LogP contribution in [0.25, 0.3) is 4.96 Å². The third kappa shape index (κ3) is 2.58. The van der Waals surface area contributed by atoms with Gasteiger partial charge in [-0.25, -0.2) is 4.98 Å². The lowest BCUT2D eigenvalue weighted by atomic mass is 10.0. The van der Waals surface area contributed by atoms with Gasteiger partial charge in [-0.05, 0) is 25.6 Å². The van der Waals surface area contributed by atoms with Crippen molar-refractivity contribution in [1.82, 2.24) is 14.7 Å². The van der Waals surface area contributed by atoms with E-state index in [4.69, 9.17) is 0 Å². The Morgan fingerprint density at radius 3 is 3.22 bits per heavy atom. The first-order valence-electron chi connectivity index (χ1n) is 6.57. The van der Waals surface area contributed by atoms with Crippen LogP contribution in [-0.2, 0) is 6.42 Å². The fraction of sp³-hybridized carbons (Fsp3) is 0.615.